The SMILES string of the molecule is C=CCC(=C)/C=C\[CH]=[W]. The van der Waals surface area contributed by atoms with Crippen molar-refractivity contribution in [3.63, 3.8) is 0 Å². The zero-order valence-corrected chi connectivity index (χ0v) is 8.27. The molecule has 0 unspecified atom stereocenters. The van der Waals surface area contributed by atoms with Gasteiger partial charge < -0.3 is 0 Å². The van der Waals surface area contributed by atoms with Gasteiger partial charge >= 0.3 is 67.1 Å². The third kappa shape index (κ3) is 5.65. The van der Waals surface area contributed by atoms with Gasteiger partial charge in [-0.15, -0.1) is 0 Å². The molecule has 0 rings (SSSR count). The average Bonchev–Trinajstić information content (AvgIpc) is 1.85. The predicted octanol–water partition coefficient (Wildman–Crippen LogP) is 2.02. The molecular weight excluding hydrogens is 280 g/mol. The molecule has 0 aliphatic carbocycles. The van der Waals surface area contributed by atoms with Crippen LogP contribution in [0.4, 0.5) is 0 Å². The van der Waals surface area contributed by atoms with Gasteiger partial charge in [0.25, 0.3) is 0 Å². The summed E-state index contributed by atoms with van der Waals surface area (Å²) in [4.78, 5) is 0. The molecular formula is C8H10W. The Hall–Kier alpha value is -0.222. The molecule has 0 heterocycles. The molecule has 0 aromatic carbocycles. The van der Waals surface area contributed by atoms with Crippen LogP contribution >= 0.6 is 0 Å². The third-order valence-corrected chi connectivity index (χ3v) is 1.38. The van der Waals surface area contributed by atoms with Gasteiger partial charge in [0, 0.05) is 0 Å². The summed E-state index contributed by atoms with van der Waals surface area (Å²) in [5.41, 5.74) is 1.11. The molecule has 48 valence electrons. The number of hydrogen-bond donors (Lipinski definition) is 0. The van der Waals surface area contributed by atoms with E-state index >= 15 is 0 Å². The molecule has 0 nitrogen and oxygen atoms in total. The van der Waals surface area contributed by atoms with E-state index in [1.165, 1.54) is 19.4 Å². The van der Waals surface area contributed by atoms with Gasteiger partial charge in [-0.25, -0.2) is 0 Å². The van der Waals surface area contributed by atoms with Crippen molar-refractivity contribution >= 4 is 4.40 Å². The van der Waals surface area contributed by atoms with Crippen LogP contribution in [0.2, 0.25) is 0 Å². The van der Waals surface area contributed by atoms with E-state index in [9.17, 15) is 0 Å². The summed E-state index contributed by atoms with van der Waals surface area (Å²) in [6.45, 7) is 7.42. The van der Waals surface area contributed by atoms with Crippen molar-refractivity contribution < 1.29 is 19.4 Å². The van der Waals surface area contributed by atoms with Gasteiger partial charge in [0.1, 0.15) is 0 Å². The first kappa shape index (κ1) is 8.78. The Kier molecular flexibility index (Phi) is 5.76. The summed E-state index contributed by atoms with van der Waals surface area (Å²) in [7, 11) is 0. The topological polar surface area (TPSA) is 0 Å². The molecule has 0 saturated heterocycles. The average molecular weight is 290 g/mol. The van der Waals surface area contributed by atoms with Crippen molar-refractivity contribution in [3.8, 4) is 0 Å². The predicted molar refractivity (Wildman–Crippen MR) is 39.2 cm³/mol. The summed E-state index contributed by atoms with van der Waals surface area (Å²) in [6.07, 6.45) is 6.77. The molecule has 1 heteroatoms. The molecule has 0 fully saturated rings. The Labute approximate surface area is 67.4 Å². The van der Waals surface area contributed by atoms with Gasteiger partial charge in [-0.1, -0.05) is 0 Å². The maximum absolute atomic E-state index is 3.81. The maximum atomic E-state index is 3.81. The Balaban J connectivity index is 3.61. The van der Waals surface area contributed by atoms with Gasteiger partial charge in [0.15, 0.2) is 0 Å². The number of hydrogen-bond acceptors (Lipinski definition) is 0. The first-order valence-electron chi connectivity index (χ1n) is 2.71. The normalized spacial score (nSPS) is 9.33. The Bertz CT molecular complexity index is 143. The first-order chi connectivity index (χ1) is 4.31. The number of allylic oxidation sites excluding steroid dienone is 4. The summed E-state index contributed by atoms with van der Waals surface area (Å²) in [6, 6.07) is 0. The molecule has 0 amide bonds. The monoisotopic (exact) mass is 290 g/mol. The van der Waals surface area contributed by atoms with Crippen LogP contribution in [0.5, 0.6) is 0 Å². The summed E-state index contributed by atoms with van der Waals surface area (Å²) >= 11 is 1.47. The van der Waals surface area contributed by atoms with Crippen molar-refractivity contribution in [1.82, 2.24) is 0 Å². The first-order valence-corrected chi connectivity index (χ1v) is 4.41. The molecule has 0 radical (unpaired) electrons. The van der Waals surface area contributed by atoms with Gasteiger partial charge in [0.2, 0.25) is 0 Å². The summed E-state index contributed by atoms with van der Waals surface area (Å²) < 4.78 is 2.06. The summed E-state index contributed by atoms with van der Waals surface area (Å²) in [5, 5.41) is 0. The van der Waals surface area contributed by atoms with E-state index in [1.807, 2.05) is 18.2 Å². The van der Waals surface area contributed by atoms with Crippen LogP contribution in [0, 0.1) is 0 Å². The second kappa shape index (κ2) is 5.91. The molecule has 0 spiro atoms. The minimum absolute atomic E-state index is 0.889. The molecule has 0 aromatic rings. The van der Waals surface area contributed by atoms with Crippen LogP contribution in [0.15, 0.2) is 37.0 Å². The van der Waals surface area contributed by atoms with Crippen LogP contribution < -0.4 is 0 Å². The molecule has 0 aliphatic rings. The molecule has 0 atom stereocenters. The fourth-order valence-corrected chi connectivity index (χ4v) is 0.711. The zero-order chi connectivity index (χ0) is 7.11. The van der Waals surface area contributed by atoms with E-state index in [1.54, 1.807) is 0 Å². The van der Waals surface area contributed by atoms with E-state index in [0.29, 0.717) is 0 Å². The van der Waals surface area contributed by atoms with E-state index in [-0.39, 0.29) is 0 Å². The van der Waals surface area contributed by atoms with Gasteiger partial charge in [-0.2, -0.15) is 0 Å². The van der Waals surface area contributed by atoms with Gasteiger partial charge in [0.05, 0.1) is 0 Å². The molecule has 0 aliphatic heterocycles. The summed E-state index contributed by atoms with van der Waals surface area (Å²) in [5.74, 6) is 0. The molecule has 0 N–H and O–H groups in total. The Morgan fingerprint density at radius 3 is 2.67 bits per heavy atom. The van der Waals surface area contributed by atoms with Crippen molar-refractivity contribution in [1.29, 1.82) is 0 Å². The van der Waals surface area contributed by atoms with Gasteiger partial charge in [-0.3, -0.25) is 0 Å². The van der Waals surface area contributed by atoms with E-state index in [0.717, 1.165) is 12.0 Å². The molecule has 9 heavy (non-hydrogen) atoms. The standard InChI is InChI=1S/C8H10.W/c1-4-6-8(3)7-5-2;/h1,4-6H,2-3,7H2;/b6-4-;. The van der Waals surface area contributed by atoms with Crippen LogP contribution in [0.1, 0.15) is 6.42 Å². The van der Waals surface area contributed by atoms with E-state index < -0.39 is 0 Å². The van der Waals surface area contributed by atoms with Crippen LogP contribution in [0.3, 0.4) is 0 Å². The second-order valence-corrected chi connectivity index (χ2v) is 2.62. The molecule has 0 aromatic heterocycles. The van der Waals surface area contributed by atoms with Crippen molar-refractivity contribution in [2.24, 2.45) is 0 Å². The molecule has 0 bridgehead atoms. The van der Waals surface area contributed by atoms with Crippen molar-refractivity contribution in [2.75, 3.05) is 0 Å². The van der Waals surface area contributed by atoms with Crippen LogP contribution in [-0.2, 0) is 19.4 Å². The number of rotatable bonds is 4. The Morgan fingerprint density at radius 2 is 2.22 bits per heavy atom. The van der Waals surface area contributed by atoms with E-state index in [2.05, 4.69) is 17.6 Å². The second-order valence-electron chi connectivity index (χ2n) is 1.65. The van der Waals surface area contributed by atoms with Gasteiger partial charge in [-0.05, 0) is 0 Å². The third-order valence-electron chi connectivity index (χ3n) is 0.817. The zero-order valence-electron chi connectivity index (χ0n) is 5.34. The minimum atomic E-state index is 0.889. The van der Waals surface area contributed by atoms with E-state index in [4.69, 9.17) is 0 Å². The fourth-order valence-electron chi connectivity index (χ4n) is 0.429. The quantitative estimate of drug-likeness (QED) is 0.549. The molecule has 0 saturated carbocycles. The van der Waals surface area contributed by atoms with Crippen LogP contribution in [0.25, 0.3) is 0 Å². The Morgan fingerprint density at radius 1 is 1.56 bits per heavy atom. The van der Waals surface area contributed by atoms with Crippen molar-refractivity contribution in [3.05, 3.63) is 37.0 Å². The van der Waals surface area contributed by atoms with Crippen molar-refractivity contribution in [2.45, 2.75) is 6.42 Å². The van der Waals surface area contributed by atoms with Crippen LogP contribution in [-0.4, -0.2) is 4.40 Å². The fraction of sp³-hybridized carbons (Fsp3) is 0.125.